The zero-order chi connectivity index (χ0) is 14.0. The van der Waals surface area contributed by atoms with E-state index >= 15 is 0 Å². The molecular weight excluding hydrogens is 248 g/mol. The van der Waals surface area contributed by atoms with Crippen LogP contribution < -0.4 is 5.32 Å². The quantitative estimate of drug-likeness (QED) is 0.860. The van der Waals surface area contributed by atoms with Crippen molar-refractivity contribution < 1.29 is 18.7 Å². The molecule has 2 aromatic rings. The predicted molar refractivity (Wildman–Crippen MR) is 66.9 cm³/mol. The van der Waals surface area contributed by atoms with E-state index in [1.807, 2.05) is 13.8 Å². The fourth-order valence-corrected chi connectivity index (χ4v) is 1.75. The number of nitrogens with one attached hydrogen (secondary N) is 1. The number of nitrogens with zero attached hydrogens (tertiary/aromatic N) is 1. The second-order valence-electron chi connectivity index (χ2n) is 4.34. The first kappa shape index (κ1) is 13.4. The van der Waals surface area contributed by atoms with Crippen LogP contribution >= 0.6 is 0 Å². The van der Waals surface area contributed by atoms with E-state index in [0.717, 1.165) is 11.5 Å². The van der Waals surface area contributed by atoms with Crippen LogP contribution in [-0.4, -0.2) is 16.1 Å². The smallest absolute Gasteiger partial charge is 0.339 e. The van der Waals surface area contributed by atoms with Crippen LogP contribution in [0.15, 0.2) is 14.9 Å². The topological polar surface area (TPSA) is 88.5 Å². The van der Waals surface area contributed by atoms with Crippen molar-refractivity contribution in [2.24, 2.45) is 0 Å². The molecule has 0 atom stereocenters. The van der Waals surface area contributed by atoms with Crippen LogP contribution in [0, 0.1) is 20.8 Å². The van der Waals surface area contributed by atoms with Gasteiger partial charge in [-0.3, -0.25) is 0 Å². The summed E-state index contributed by atoms with van der Waals surface area (Å²) in [6, 6.07) is 1.52. The SMILES string of the molecule is Cc1nc(CNCc2cc(C(=O)O)c(C)o2)oc1C. The lowest BCUT2D eigenvalue weighted by Gasteiger charge is -1.98. The molecule has 0 unspecified atom stereocenters. The lowest BCUT2D eigenvalue weighted by molar-refractivity contribution is 0.0695. The average Bonchev–Trinajstić information content (AvgIpc) is 2.83. The molecule has 0 fully saturated rings. The number of furan rings is 1. The van der Waals surface area contributed by atoms with Crippen LogP contribution in [0.3, 0.4) is 0 Å². The molecule has 0 saturated carbocycles. The highest BCUT2D eigenvalue weighted by atomic mass is 16.4. The number of aromatic nitrogens is 1. The molecule has 0 aromatic carbocycles. The molecule has 2 heterocycles. The Morgan fingerprint density at radius 3 is 2.53 bits per heavy atom. The fraction of sp³-hybridized carbons (Fsp3) is 0.385. The minimum absolute atomic E-state index is 0.194. The number of oxazole rings is 1. The van der Waals surface area contributed by atoms with Gasteiger partial charge in [0.25, 0.3) is 0 Å². The monoisotopic (exact) mass is 264 g/mol. The van der Waals surface area contributed by atoms with Gasteiger partial charge in [-0.05, 0) is 26.8 Å². The summed E-state index contributed by atoms with van der Waals surface area (Å²) in [7, 11) is 0. The van der Waals surface area contributed by atoms with Crippen LogP contribution in [-0.2, 0) is 13.1 Å². The Bertz CT molecular complexity index is 578. The molecule has 2 N–H and O–H groups in total. The molecule has 0 aliphatic carbocycles. The molecule has 0 amide bonds. The largest absolute Gasteiger partial charge is 0.478 e. The van der Waals surface area contributed by atoms with E-state index in [1.165, 1.54) is 6.07 Å². The summed E-state index contributed by atoms with van der Waals surface area (Å²) in [4.78, 5) is 15.1. The van der Waals surface area contributed by atoms with E-state index in [4.69, 9.17) is 13.9 Å². The predicted octanol–water partition coefficient (Wildman–Crippen LogP) is 2.18. The minimum Gasteiger partial charge on any atom is -0.478 e. The highest BCUT2D eigenvalue weighted by Crippen LogP contribution is 2.14. The van der Waals surface area contributed by atoms with Gasteiger partial charge in [0.15, 0.2) is 0 Å². The van der Waals surface area contributed by atoms with Crippen molar-refractivity contribution in [2.75, 3.05) is 0 Å². The number of hydrogen-bond acceptors (Lipinski definition) is 5. The van der Waals surface area contributed by atoms with Gasteiger partial charge in [0, 0.05) is 0 Å². The standard InChI is InChI=1S/C13H16N2O4/c1-7-8(2)19-12(15-7)6-14-5-10-4-11(13(16)17)9(3)18-10/h4,14H,5-6H2,1-3H3,(H,16,17). The Morgan fingerprint density at radius 1 is 1.26 bits per heavy atom. The highest BCUT2D eigenvalue weighted by Gasteiger charge is 2.13. The third-order valence-corrected chi connectivity index (χ3v) is 2.85. The van der Waals surface area contributed by atoms with Gasteiger partial charge < -0.3 is 19.3 Å². The van der Waals surface area contributed by atoms with Gasteiger partial charge >= 0.3 is 5.97 Å². The summed E-state index contributed by atoms with van der Waals surface area (Å²) >= 11 is 0. The zero-order valence-corrected chi connectivity index (χ0v) is 11.1. The first-order chi connectivity index (χ1) is 8.97. The molecule has 102 valence electrons. The average molecular weight is 264 g/mol. The zero-order valence-electron chi connectivity index (χ0n) is 11.1. The van der Waals surface area contributed by atoms with E-state index in [9.17, 15) is 4.79 Å². The molecule has 0 spiro atoms. The van der Waals surface area contributed by atoms with Crippen molar-refractivity contribution in [3.8, 4) is 0 Å². The van der Waals surface area contributed by atoms with Crippen molar-refractivity contribution in [1.82, 2.24) is 10.3 Å². The van der Waals surface area contributed by atoms with E-state index < -0.39 is 5.97 Å². The normalized spacial score (nSPS) is 10.9. The Morgan fingerprint density at radius 2 is 2.00 bits per heavy atom. The summed E-state index contributed by atoms with van der Waals surface area (Å²) in [5, 5.41) is 12.0. The molecule has 0 aliphatic rings. The maximum atomic E-state index is 10.9. The molecule has 0 saturated heterocycles. The van der Waals surface area contributed by atoms with Crippen LogP contribution in [0.5, 0.6) is 0 Å². The number of aromatic carboxylic acids is 1. The van der Waals surface area contributed by atoms with Crippen molar-refractivity contribution in [2.45, 2.75) is 33.9 Å². The summed E-state index contributed by atoms with van der Waals surface area (Å²) < 4.78 is 10.8. The Labute approximate surface area is 110 Å². The molecule has 2 rings (SSSR count). The van der Waals surface area contributed by atoms with E-state index in [-0.39, 0.29) is 5.56 Å². The van der Waals surface area contributed by atoms with Crippen LogP contribution in [0.4, 0.5) is 0 Å². The van der Waals surface area contributed by atoms with Gasteiger partial charge in [0.05, 0.1) is 18.8 Å². The second kappa shape index (κ2) is 5.27. The molecule has 0 bridgehead atoms. The number of carbonyl (C=O) groups is 1. The summed E-state index contributed by atoms with van der Waals surface area (Å²) in [5.41, 5.74) is 1.07. The molecule has 0 radical (unpaired) electrons. The lowest BCUT2D eigenvalue weighted by Crippen LogP contribution is -2.12. The first-order valence-electron chi connectivity index (χ1n) is 5.93. The number of rotatable bonds is 5. The van der Waals surface area contributed by atoms with Crippen molar-refractivity contribution in [1.29, 1.82) is 0 Å². The van der Waals surface area contributed by atoms with Crippen LogP contribution in [0.2, 0.25) is 0 Å². The number of carboxylic acid groups (broad SMARTS) is 1. The number of hydrogen-bond donors (Lipinski definition) is 2. The third kappa shape index (κ3) is 3.03. The van der Waals surface area contributed by atoms with Gasteiger partial charge in [-0.25, -0.2) is 9.78 Å². The Balaban J connectivity index is 1.92. The highest BCUT2D eigenvalue weighted by molar-refractivity contribution is 5.88. The summed E-state index contributed by atoms with van der Waals surface area (Å²) in [6.45, 7) is 6.28. The number of carboxylic acids is 1. The van der Waals surface area contributed by atoms with Crippen molar-refractivity contribution >= 4 is 5.97 Å². The van der Waals surface area contributed by atoms with Crippen LogP contribution in [0.25, 0.3) is 0 Å². The first-order valence-corrected chi connectivity index (χ1v) is 5.93. The molecule has 6 heteroatoms. The van der Waals surface area contributed by atoms with Crippen molar-refractivity contribution in [3.63, 3.8) is 0 Å². The van der Waals surface area contributed by atoms with Gasteiger partial charge in [0.2, 0.25) is 5.89 Å². The molecular formula is C13H16N2O4. The van der Waals surface area contributed by atoms with Gasteiger partial charge in [0.1, 0.15) is 22.8 Å². The maximum absolute atomic E-state index is 10.9. The van der Waals surface area contributed by atoms with E-state index in [0.29, 0.717) is 30.5 Å². The minimum atomic E-state index is -0.980. The summed E-state index contributed by atoms with van der Waals surface area (Å²) in [6.07, 6.45) is 0. The molecule has 0 aliphatic heterocycles. The lowest BCUT2D eigenvalue weighted by atomic mass is 10.2. The van der Waals surface area contributed by atoms with Gasteiger partial charge in [-0.15, -0.1) is 0 Å². The van der Waals surface area contributed by atoms with E-state index in [2.05, 4.69) is 10.3 Å². The maximum Gasteiger partial charge on any atom is 0.339 e. The molecule has 19 heavy (non-hydrogen) atoms. The Kier molecular flexibility index (Phi) is 3.71. The van der Waals surface area contributed by atoms with E-state index in [1.54, 1.807) is 6.92 Å². The summed E-state index contributed by atoms with van der Waals surface area (Å²) in [5.74, 6) is 1.42. The fourth-order valence-electron chi connectivity index (χ4n) is 1.75. The van der Waals surface area contributed by atoms with Crippen LogP contribution in [0.1, 0.15) is 39.2 Å². The van der Waals surface area contributed by atoms with Gasteiger partial charge in [-0.1, -0.05) is 0 Å². The molecule has 6 nitrogen and oxygen atoms in total. The Hall–Kier alpha value is -2.08. The molecule has 2 aromatic heterocycles. The van der Waals surface area contributed by atoms with Crippen molar-refractivity contribution in [3.05, 3.63) is 40.5 Å². The number of aryl methyl sites for hydroxylation is 3. The third-order valence-electron chi connectivity index (χ3n) is 2.85. The van der Waals surface area contributed by atoms with Gasteiger partial charge in [-0.2, -0.15) is 0 Å². The second-order valence-corrected chi connectivity index (χ2v) is 4.34.